The molecule has 0 aromatic heterocycles. The van der Waals surface area contributed by atoms with Gasteiger partial charge in [0.2, 0.25) is 5.91 Å². The van der Waals surface area contributed by atoms with E-state index in [1.165, 1.54) is 0 Å². The number of rotatable bonds is 5. The number of hydrogen-bond donors (Lipinski definition) is 0. The zero-order chi connectivity index (χ0) is 20.7. The number of para-hydroxylation sites is 1. The van der Waals surface area contributed by atoms with Crippen LogP contribution in [0.4, 0.5) is 0 Å². The van der Waals surface area contributed by atoms with Gasteiger partial charge < -0.3 is 19.1 Å². The first kappa shape index (κ1) is 18.9. The monoisotopic (exact) mass is 405 g/mol. The maximum Gasteiger partial charge on any atom is 0.317 e. The summed E-state index contributed by atoms with van der Waals surface area (Å²) in [7, 11) is 0. The van der Waals surface area contributed by atoms with E-state index in [9.17, 15) is 9.59 Å². The highest BCUT2D eigenvalue weighted by atomic mass is 16.7. The third-order valence-electron chi connectivity index (χ3n) is 6.25. The van der Waals surface area contributed by atoms with Gasteiger partial charge in [-0.3, -0.25) is 9.59 Å². The molecule has 0 saturated heterocycles. The van der Waals surface area contributed by atoms with Gasteiger partial charge in [-0.25, -0.2) is 0 Å². The summed E-state index contributed by atoms with van der Waals surface area (Å²) in [6, 6.07) is 17.0. The average molecular weight is 405 g/mol. The third-order valence-corrected chi connectivity index (χ3v) is 6.25. The molecule has 2 aliphatic heterocycles. The highest BCUT2D eigenvalue weighted by molar-refractivity contribution is 5.94. The number of fused-ring (bicyclic) bond motifs is 2. The van der Waals surface area contributed by atoms with E-state index in [0.717, 1.165) is 11.1 Å². The van der Waals surface area contributed by atoms with Crippen molar-refractivity contribution >= 4 is 11.9 Å². The lowest BCUT2D eigenvalue weighted by Gasteiger charge is -2.33. The van der Waals surface area contributed by atoms with Crippen LogP contribution < -0.4 is 4.74 Å². The first-order valence-corrected chi connectivity index (χ1v) is 10.2. The smallest absolute Gasteiger partial charge is 0.317 e. The molecule has 1 saturated carbocycles. The van der Waals surface area contributed by atoms with E-state index >= 15 is 0 Å². The lowest BCUT2D eigenvalue weighted by atomic mass is 9.88. The fourth-order valence-corrected chi connectivity index (χ4v) is 4.94. The number of hydrogen-bond acceptors (Lipinski definition) is 5. The van der Waals surface area contributed by atoms with Crippen LogP contribution in [0.5, 0.6) is 5.75 Å². The van der Waals surface area contributed by atoms with Crippen molar-refractivity contribution in [1.29, 1.82) is 0 Å². The molecule has 6 heteroatoms. The van der Waals surface area contributed by atoms with Crippen LogP contribution >= 0.6 is 0 Å². The lowest BCUT2D eigenvalue weighted by Crippen LogP contribution is -2.41. The molecule has 2 aromatic rings. The number of nitrogens with zero attached hydrogens (tertiary/aromatic N) is 1. The summed E-state index contributed by atoms with van der Waals surface area (Å²) in [5, 5.41) is 0. The summed E-state index contributed by atoms with van der Waals surface area (Å²) in [6.07, 6.45) is 2.86. The van der Waals surface area contributed by atoms with Crippen LogP contribution in [0.3, 0.4) is 0 Å². The van der Waals surface area contributed by atoms with Crippen molar-refractivity contribution in [3.8, 4) is 5.75 Å². The highest BCUT2D eigenvalue weighted by Gasteiger charge is 2.78. The van der Waals surface area contributed by atoms with Gasteiger partial charge in [-0.15, -0.1) is 0 Å². The standard InChI is InChI=1S/C24H23NO5/c1-2-28-23(27)24(22-17-10-6-7-11-19(17)29-15-30-22)18-12-13-20(26)25(21(18)24)14-16-8-4-3-5-9-16/h3-13,18,21-22H,2,14-15H2,1H3. The third kappa shape index (κ3) is 2.75. The second-order valence-electron chi connectivity index (χ2n) is 7.78. The number of benzene rings is 2. The topological polar surface area (TPSA) is 65.1 Å². The Bertz CT molecular complexity index is 1000. The van der Waals surface area contributed by atoms with E-state index in [-0.39, 0.29) is 37.2 Å². The van der Waals surface area contributed by atoms with Crippen molar-refractivity contribution < 1.29 is 23.8 Å². The van der Waals surface area contributed by atoms with Crippen LogP contribution in [0.1, 0.15) is 24.2 Å². The van der Waals surface area contributed by atoms with Gasteiger partial charge in [-0.2, -0.15) is 0 Å². The van der Waals surface area contributed by atoms with Gasteiger partial charge in [0.25, 0.3) is 0 Å². The van der Waals surface area contributed by atoms with Gasteiger partial charge in [0.15, 0.2) is 6.79 Å². The van der Waals surface area contributed by atoms with E-state index in [0.29, 0.717) is 12.3 Å². The molecule has 1 amide bonds. The van der Waals surface area contributed by atoms with Crippen molar-refractivity contribution in [2.24, 2.45) is 11.3 Å². The molecular formula is C24H23NO5. The van der Waals surface area contributed by atoms with E-state index < -0.39 is 11.5 Å². The number of carbonyl (C=O) groups is 2. The van der Waals surface area contributed by atoms with Crippen LogP contribution in [0.15, 0.2) is 66.7 Å². The fourth-order valence-electron chi connectivity index (χ4n) is 4.94. The fraction of sp³-hybridized carbons (Fsp3) is 0.333. The van der Waals surface area contributed by atoms with Crippen molar-refractivity contribution in [2.75, 3.05) is 13.4 Å². The van der Waals surface area contributed by atoms with E-state index in [1.807, 2.05) is 60.7 Å². The van der Waals surface area contributed by atoms with Gasteiger partial charge in [0, 0.05) is 18.0 Å². The predicted molar refractivity (Wildman–Crippen MR) is 108 cm³/mol. The molecule has 6 nitrogen and oxygen atoms in total. The van der Waals surface area contributed by atoms with Crippen molar-refractivity contribution in [2.45, 2.75) is 25.6 Å². The van der Waals surface area contributed by atoms with Crippen molar-refractivity contribution in [3.05, 3.63) is 77.9 Å². The lowest BCUT2D eigenvalue weighted by molar-refractivity contribution is -0.166. The van der Waals surface area contributed by atoms with Crippen LogP contribution in [0, 0.1) is 11.3 Å². The molecular weight excluding hydrogens is 382 g/mol. The summed E-state index contributed by atoms with van der Waals surface area (Å²) in [5.74, 6) is 0.0887. The van der Waals surface area contributed by atoms with Gasteiger partial charge in [-0.1, -0.05) is 54.6 Å². The molecule has 1 aliphatic carbocycles. The second-order valence-corrected chi connectivity index (χ2v) is 7.78. The molecule has 0 spiro atoms. The Morgan fingerprint density at radius 1 is 1.17 bits per heavy atom. The van der Waals surface area contributed by atoms with Crippen LogP contribution in [-0.4, -0.2) is 36.2 Å². The number of ether oxygens (including phenoxy) is 3. The maximum absolute atomic E-state index is 13.4. The molecule has 0 N–H and O–H groups in total. The first-order chi connectivity index (χ1) is 14.7. The zero-order valence-electron chi connectivity index (χ0n) is 16.7. The van der Waals surface area contributed by atoms with Crippen molar-refractivity contribution in [3.63, 3.8) is 0 Å². The Labute approximate surface area is 175 Å². The maximum atomic E-state index is 13.4. The Morgan fingerprint density at radius 2 is 1.93 bits per heavy atom. The molecule has 1 fully saturated rings. The summed E-state index contributed by atoms with van der Waals surface area (Å²) >= 11 is 0. The van der Waals surface area contributed by atoms with Crippen molar-refractivity contribution in [1.82, 2.24) is 4.90 Å². The SMILES string of the molecule is CCOC(=O)C1(C2OCOc3ccccc32)C2C=CC(=O)N(Cc3ccccc3)C21. The Morgan fingerprint density at radius 3 is 2.73 bits per heavy atom. The predicted octanol–water partition coefficient (Wildman–Crippen LogP) is 3.24. The molecule has 4 unspecified atom stereocenters. The summed E-state index contributed by atoms with van der Waals surface area (Å²) < 4.78 is 17.2. The van der Waals surface area contributed by atoms with Crippen LogP contribution in [-0.2, 0) is 25.6 Å². The number of esters is 1. The van der Waals surface area contributed by atoms with E-state index in [4.69, 9.17) is 14.2 Å². The van der Waals surface area contributed by atoms with Gasteiger partial charge >= 0.3 is 5.97 Å². The van der Waals surface area contributed by atoms with Gasteiger partial charge in [0.1, 0.15) is 17.3 Å². The van der Waals surface area contributed by atoms with Gasteiger partial charge in [0.05, 0.1) is 12.6 Å². The average Bonchev–Trinajstić information content (AvgIpc) is 3.46. The van der Waals surface area contributed by atoms with Crippen LogP contribution in [0.2, 0.25) is 0 Å². The number of carbonyl (C=O) groups excluding carboxylic acids is 2. The Balaban J connectivity index is 1.57. The molecule has 5 rings (SSSR count). The molecule has 154 valence electrons. The summed E-state index contributed by atoms with van der Waals surface area (Å²) in [6.45, 7) is 2.54. The molecule has 4 atom stereocenters. The quantitative estimate of drug-likeness (QED) is 0.715. The summed E-state index contributed by atoms with van der Waals surface area (Å²) in [4.78, 5) is 28.0. The molecule has 2 aromatic carbocycles. The Kier molecular flexibility index (Phi) is 4.59. The molecule has 3 aliphatic rings. The highest BCUT2D eigenvalue weighted by Crippen LogP contribution is 2.67. The zero-order valence-corrected chi connectivity index (χ0v) is 16.7. The normalized spacial score (nSPS) is 28.9. The van der Waals surface area contributed by atoms with Gasteiger partial charge in [-0.05, 0) is 24.6 Å². The van der Waals surface area contributed by atoms with Crippen LogP contribution in [0.25, 0.3) is 0 Å². The molecule has 2 heterocycles. The summed E-state index contributed by atoms with van der Waals surface area (Å²) in [5.41, 5.74) is 0.831. The first-order valence-electron chi connectivity index (χ1n) is 10.2. The molecule has 0 radical (unpaired) electrons. The second kappa shape index (κ2) is 7.29. The largest absolute Gasteiger partial charge is 0.467 e. The van der Waals surface area contributed by atoms with E-state index in [2.05, 4.69) is 0 Å². The Hall–Kier alpha value is -3.12. The molecule has 30 heavy (non-hydrogen) atoms. The minimum atomic E-state index is -0.993. The van der Waals surface area contributed by atoms with E-state index in [1.54, 1.807) is 17.9 Å². The minimum absolute atomic E-state index is 0.0542. The minimum Gasteiger partial charge on any atom is -0.467 e. The molecule has 0 bridgehead atoms. The number of amides is 1.